The fourth-order valence-electron chi connectivity index (χ4n) is 1.77. The maximum atomic E-state index is 13.5. The van der Waals surface area contributed by atoms with Gasteiger partial charge in [-0.3, -0.25) is 0 Å². The lowest BCUT2D eigenvalue weighted by atomic mass is 10.1. The Balaban J connectivity index is 2.20. The minimum Gasteiger partial charge on any atom is -0.340 e. The molecule has 3 nitrogen and oxygen atoms in total. The highest BCUT2D eigenvalue weighted by Gasteiger charge is 2.33. The van der Waals surface area contributed by atoms with Gasteiger partial charge in [-0.2, -0.15) is 13.2 Å². The summed E-state index contributed by atoms with van der Waals surface area (Å²) >= 11 is 0. The molecule has 0 fully saturated rings. The van der Waals surface area contributed by atoms with E-state index in [1.807, 2.05) is 0 Å². The van der Waals surface area contributed by atoms with Crippen LogP contribution in [0.4, 0.5) is 23.5 Å². The van der Waals surface area contributed by atoms with Gasteiger partial charge < -0.3 is 4.90 Å². The van der Waals surface area contributed by atoms with Crippen LogP contribution in [0.5, 0.6) is 0 Å². The van der Waals surface area contributed by atoms with Gasteiger partial charge in [0.15, 0.2) is 0 Å². The Kier molecular flexibility index (Phi) is 4.11. The molecule has 2 aromatic rings. The number of benzene rings is 1. The minimum absolute atomic E-state index is 0.0641. The van der Waals surface area contributed by atoms with Gasteiger partial charge in [-0.15, -0.1) is 0 Å². The number of alkyl halides is 3. The Labute approximate surface area is 119 Å². The van der Waals surface area contributed by atoms with E-state index in [1.165, 1.54) is 11.0 Å². The van der Waals surface area contributed by atoms with Crippen molar-refractivity contribution in [3.8, 4) is 0 Å². The van der Waals surface area contributed by atoms with E-state index in [0.717, 1.165) is 12.3 Å². The van der Waals surface area contributed by atoms with Crippen LogP contribution in [0.2, 0.25) is 0 Å². The van der Waals surface area contributed by atoms with Gasteiger partial charge in [0.1, 0.15) is 11.5 Å². The van der Waals surface area contributed by atoms with E-state index in [2.05, 4.69) is 9.97 Å². The first-order valence-corrected chi connectivity index (χ1v) is 6.14. The molecule has 0 saturated heterocycles. The van der Waals surface area contributed by atoms with Gasteiger partial charge in [-0.25, -0.2) is 14.4 Å². The zero-order valence-electron chi connectivity index (χ0n) is 11.4. The third-order valence-corrected chi connectivity index (χ3v) is 2.93. The van der Waals surface area contributed by atoms with Gasteiger partial charge in [0.05, 0.1) is 0 Å². The van der Waals surface area contributed by atoms with E-state index >= 15 is 0 Å². The molecule has 2 rings (SSSR count). The van der Waals surface area contributed by atoms with Crippen molar-refractivity contribution in [1.29, 1.82) is 0 Å². The van der Waals surface area contributed by atoms with Crippen molar-refractivity contribution in [2.24, 2.45) is 0 Å². The number of nitrogens with zero attached hydrogens (tertiary/aromatic N) is 3. The second kappa shape index (κ2) is 5.67. The largest absolute Gasteiger partial charge is 0.433 e. The summed E-state index contributed by atoms with van der Waals surface area (Å²) in [5.74, 6) is -0.420. The van der Waals surface area contributed by atoms with Crippen molar-refractivity contribution in [1.82, 2.24) is 9.97 Å². The Bertz CT molecular complexity index is 640. The van der Waals surface area contributed by atoms with E-state index in [0.29, 0.717) is 11.1 Å². The summed E-state index contributed by atoms with van der Waals surface area (Å²) in [5.41, 5.74) is 0.132. The molecule has 0 aliphatic carbocycles. The molecule has 1 heterocycles. The third-order valence-electron chi connectivity index (χ3n) is 2.93. The average molecular weight is 299 g/mol. The van der Waals surface area contributed by atoms with Crippen LogP contribution in [0.3, 0.4) is 0 Å². The monoisotopic (exact) mass is 299 g/mol. The molecule has 0 aliphatic rings. The van der Waals surface area contributed by atoms with E-state index in [4.69, 9.17) is 0 Å². The summed E-state index contributed by atoms with van der Waals surface area (Å²) in [4.78, 5) is 8.72. The highest BCUT2D eigenvalue weighted by Crippen LogP contribution is 2.28. The molecule has 0 unspecified atom stereocenters. The predicted octanol–water partition coefficient (Wildman–Crippen LogP) is 3.58. The molecule has 0 atom stereocenters. The molecule has 0 N–H and O–H groups in total. The van der Waals surface area contributed by atoms with Crippen LogP contribution in [0.25, 0.3) is 0 Å². The Morgan fingerprint density at radius 3 is 2.52 bits per heavy atom. The molecule has 7 heteroatoms. The number of aromatic nitrogens is 2. The van der Waals surface area contributed by atoms with Crippen LogP contribution < -0.4 is 4.90 Å². The molecule has 0 aliphatic heterocycles. The number of rotatable bonds is 3. The number of hydrogen-bond donors (Lipinski definition) is 0. The lowest BCUT2D eigenvalue weighted by Gasteiger charge is -2.18. The zero-order chi connectivity index (χ0) is 15.6. The maximum Gasteiger partial charge on any atom is 0.433 e. The minimum atomic E-state index is -4.52. The van der Waals surface area contributed by atoms with Gasteiger partial charge in [0, 0.05) is 19.8 Å². The molecule has 0 spiro atoms. The van der Waals surface area contributed by atoms with Gasteiger partial charge in [0.25, 0.3) is 0 Å². The molecule has 112 valence electrons. The fourth-order valence-corrected chi connectivity index (χ4v) is 1.77. The summed E-state index contributed by atoms with van der Waals surface area (Å²) in [5, 5.41) is 0. The summed E-state index contributed by atoms with van der Waals surface area (Å²) < 4.78 is 51.2. The first-order valence-electron chi connectivity index (χ1n) is 6.14. The van der Waals surface area contributed by atoms with Crippen LogP contribution in [0.15, 0.2) is 30.5 Å². The highest BCUT2D eigenvalue weighted by atomic mass is 19.4. The lowest BCUT2D eigenvalue weighted by Crippen LogP contribution is -2.21. The summed E-state index contributed by atoms with van der Waals surface area (Å²) in [6.45, 7) is 1.84. The van der Waals surface area contributed by atoms with Gasteiger partial charge >= 0.3 is 6.18 Å². The topological polar surface area (TPSA) is 29.0 Å². The smallest absolute Gasteiger partial charge is 0.340 e. The molecular formula is C14H13F4N3. The van der Waals surface area contributed by atoms with E-state index < -0.39 is 11.9 Å². The number of anilines is 1. The molecule has 1 aromatic carbocycles. The van der Waals surface area contributed by atoms with Crippen LogP contribution in [0.1, 0.15) is 16.8 Å². The highest BCUT2D eigenvalue weighted by molar-refractivity contribution is 5.33. The van der Waals surface area contributed by atoms with Crippen LogP contribution >= 0.6 is 0 Å². The SMILES string of the molecule is Cc1ccc(CN(C)c2nccc(C(F)(F)F)n2)cc1F. The molecular weight excluding hydrogens is 286 g/mol. The van der Waals surface area contributed by atoms with Crippen molar-refractivity contribution in [2.45, 2.75) is 19.6 Å². The van der Waals surface area contributed by atoms with Crippen molar-refractivity contribution in [3.63, 3.8) is 0 Å². The number of aryl methyl sites for hydroxylation is 1. The van der Waals surface area contributed by atoms with Crippen LogP contribution in [0, 0.1) is 12.7 Å². The van der Waals surface area contributed by atoms with E-state index in [1.54, 1.807) is 26.1 Å². The zero-order valence-corrected chi connectivity index (χ0v) is 11.4. The summed E-state index contributed by atoms with van der Waals surface area (Å²) in [6.07, 6.45) is -3.47. The van der Waals surface area contributed by atoms with Gasteiger partial charge in [0.2, 0.25) is 5.95 Å². The van der Waals surface area contributed by atoms with E-state index in [-0.39, 0.29) is 18.3 Å². The fraction of sp³-hybridized carbons (Fsp3) is 0.286. The molecule has 21 heavy (non-hydrogen) atoms. The second-order valence-electron chi connectivity index (χ2n) is 4.68. The Morgan fingerprint density at radius 2 is 1.90 bits per heavy atom. The van der Waals surface area contributed by atoms with Crippen molar-refractivity contribution in [2.75, 3.05) is 11.9 Å². The lowest BCUT2D eigenvalue weighted by molar-refractivity contribution is -0.141. The second-order valence-corrected chi connectivity index (χ2v) is 4.68. The summed E-state index contributed by atoms with van der Waals surface area (Å²) in [6, 6.07) is 5.48. The van der Waals surface area contributed by atoms with Crippen molar-refractivity contribution >= 4 is 5.95 Å². The molecule has 0 bridgehead atoms. The van der Waals surface area contributed by atoms with Gasteiger partial charge in [-0.1, -0.05) is 12.1 Å². The standard InChI is InChI=1S/C14H13F4N3/c1-9-3-4-10(7-11(9)15)8-21(2)13-19-6-5-12(20-13)14(16,17)18/h3-7H,8H2,1-2H3. The molecule has 0 saturated carbocycles. The van der Waals surface area contributed by atoms with Crippen molar-refractivity contribution in [3.05, 3.63) is 53.1 Å². The Morgan fingerprint density at radius 1 is 1.19 bits per heavy atom. The van der Waals surface area contributed by atoms with Gasteiger partial charge in [-0.05, 0) is 30.2 Å². The van der Waals surface area contributed by atoms with Crippen molar-refractivity contribution < 1.29 is 17.6 Å². The maximum absolute atomic E-state index is 13.5. The van der Waals surface area contributed by atoms with Crippen LogP contribution in [-0.4, -0.2) is 17.0 Å². The third kappa shape index (κ3) is 3.68. The Hall–Kier alpha value is -2.18. The predicted molar refractivity (Wildman–Crippen MR) is 70.3 cm³/mol. The van der Waals surface area contributed by atoms with E-state index in [9.17, 15) is 17.6 Å². The average Bonchev–Trinajstić information content (AvgIpc) is 2.42. The normalized spacial score (nSPS) is 11.5. The number of halogens is 4. The molecule has 0 radical (unpaired) electrons. The first-order chi connectivity index (χ1) is 9.77. The number of hydrogen-bond acceptors (Lipinski definition) is 3. The molecule has 0 amide bonds. The quantitative estimate of drug-likeness (QED) is 0.811. The molecule has 1 aromatic heterocycles. The first kappa shape index (κ1) is 15.2. The summed E-state index contributed by atoms with van der Waals surface area (Å²) in [7, 11) is 1.55. The van der Waals surface area contributed by atoms with Crippen LogP contribution in [-0.2, 0) is 12.7 Å².